The molecule has 0 aliphatic heterocycles. The quantitative estimate of drug-likeness (QED) is 0.651. The van der Waals surface area contributed by atoms with Gasteiger partial charge in [-0.05, 0) is 37.5 Å². The molecule has 0 bridgehead atoms. The molecule has 0 aromatic rings. The molecule has 82 valence electrons. The van der Waals surface area contributed by atoms with Gasteiger partial charge in [-0.1, -0.05) is 20.8 Å². The zero-order chi connectivity index (χ0) is 10.6. The van der Waals surface area contributed by atoms with Crippen LogP contribution >= 0.6 is 0 Å². The molecule has 0 amide bonds. The molecule has 2 nitrogen and oxygen atoms in total. The Bertz CT molecular complexity index is 187. The van der Waals surface area contributed by atoms with Gasteiger partial charge in [0.2, 0.25) is 0 Å². The summed E-state index contributed by atoms with van der Waals surface area (Å²) in [7, 11) is 0. The fourth-order valence-corrected chi connectivity index (χ4v) is 2.16. The molecule has 0 aromatic heterocycles. The lowest BCUT2D eigenvalue weighted by Crippen LogP contribution is -2.27. The van der Waals surface area contributed by atoms with Crippen molar-refractivity contribution in [1.29, 1.82) is 0 Å². The minimum Gasteiger partial charge on any atom is -0.462 e. The van der Waals surface area contributed by atoms with Gasteiger partial charge in [0, 0.05) is 6.42 Å². The smallest absolute Gasteiger partial charge is 0.305 e. The third kappa shape index (κ3) is 3.32. The standard InChI is InChI=1S/C12H22O2/c1-4-12(13)14-11-7-5-6-10(8-11)9(2)3/h9-11H,4-8H2,1-3H3/t10-,11+/m0/s1. The molecule has 0 heterocycles. The molecule has 0 aromatic carbocycles. The van der Waals surface area contributed by atoms with Crippen LogP contribution in [0.15, 0.2) is 0 Å². The molecular weight excluding hydrogens is 176 g/mol. The van der Waals surface area contributed by atoms with E-state index in [1.165, 1.54) is 12.8 Å². The summed E-state index contributed by atoms with van der Waals surface area (Å²) in [4.78, 5) is 11.1. The zero-order valence-electron chi connectivity index (χ0n) is 9.58. The molecule has 1 rings (SSSR count). The van der Waals surface area contributed by atoms with E-state index < -0.39 is 0 Å². The molecule has 0 spiro atoms. The Labute approximate surface area is 87.0 Å². The lowest BCUT2D eigenvalue weighted by Gasteiger charge is -2.31. The van der Waals surface area contributed by atoms with E-state index in [0.717, 1.165) is 24.7 Å². The molecule has 2 heteroatoms. The Balaban J connectivity index is 2.36. The fourth-order valence-electron chi connectivity index (χ4n) is 2.16. The predicted molar refractivity (Wildman–Crippen MR) is 57.0 cm³/mol. The number of carbonyl (C=O) groups excluding carboxylic acids is 1. The van der Waals surface area contributed by atoms with Crippen molar-refractivity contribution in [3.8, 4) is 0 Å². The molecule has 0 saturated heterocycles. The lowest BCUT2D eigenvalue weighted by atomic mass is 9.80. The monoisotopic (exact) mass is 198 g/mol. The highest BCUT2D eigenvalue weighted by Crippen LogP contribution is 2.31. The normalized spacial score (nSPS) is 27.7. The van der Waals surface area contributed by atoms with Gasteiger partial charge in [-0.25, -0.2) is 0 Å². The summed E-state index contributed by atoms with van der Waals surface area (Å²) in [6.07, 6.45) is 5.35. The summed E-state index contributed by atoms with van der Waals surface area (Å²) in [5, 5.41) is 0. The van der Waals surface area contributed by atoms with E-state index in [2.05, 4.69) is 13.8 Å². The highest BCUT2D eigenvalue weighted by Gasteiger charge is 2.26. The summed E-state index contributed by atoms with van der Waals surface area (Å²) in [5.41, 5.74) is 0. The topological polar surface area (TPSA) is 26.3 Å². The van der Waals surface area contributed by atoms with E-state index in [1.54, 1.807) is 0 Å². The summed E-state index contributed by atoms with van der Waals surface area (Å²) in [5.74, 6) is 1.43. The third-order valence-corrected chi connectivity index (χ3v) is 3.20. The van der Waals surface area contributed by atoms with E-state index in [0.29, 0.717) is 6.42 Å². The van der Waals surface area contributed by atoms with E-state index >= 15 is 0 Å². The van der Waals surface area contributed by atoms with Crippen LogP contribution in [-0.4, -0.2) is 12.1 Å². The van der Waals surface area contributed by atoms with E-state index in [9.17, 15) is 4.79 Å². The average molecular weight is 198 g/mol. The Morgan fingerprint density at radius 1 is 1.43 bits per heavy atom. The van der Waals surface area contributed by atoms with Crippen LogP contribution in [0.25, 0.3) is 0 Å². The van der Waals surface area contributed by atoms with Gasteiger partial charge in [-0.3, -0.25) is 4.79 Å². The maximum atomic E-state index is 11.1. The number of esters is 1. The van der Waals surface area contributed by atoms with E-state index in [1.807, 2.05) is 6.92 Å². The molecule has 1 aliphatic carbocycles. The highest BCUT2D eigenvalue weighted by atomic mass is 16.5. The second-order valence-electron chi connectivity index (χ2n) is 4.64. The molecule has 2 atom stereocenters. The van der Waals surface area contributed by atoms with E-state index in [-0.39, 0.29) is 12.1 Å². The van der Waals surface area contributed by atoms with Crippen molar-refractivity contribution < 1.29 is 9.53 Å². The second-order valence-corrected chi connectivity index (χ2v) is 4.64. The first-order valence-electron chi connectivity index (χ1n) is 5.83. The molecule has 0 N–H and O–H groups in total. The SMILES string of the molecule is CCC(=O)O[C@@H]1CCC[C@H](C(C)C)C1. The van der Waals surface area contributed by atoms with Gasteiger partial charge in [0.25, 0.3) is 0 Å². The maximum Gasteiger partial charge on any atom is 0.305 e. The Hall–Kier alpha value is -0.530. The summed E-state index contributed by atoms with van der Waals surface area (Å²) >= 11 is 0. The van der Waals surface area contributed by atoms with Gasteiger partial charge in [0.1, 0.15) is 6.10 Å². The van der Waals surface area contributed by atoms with Crippen LogP contribution in [0.4, 0.5) is 0 Å². The van der Waals surface area contributed by atoms with Crippen LogP contribution in [0.5, 0.6) is 0 Å². The molecule has 1 saturated carbocycles. The predicted octanol–water partition coefficient (Wildman–Crippen LogP) is 3.15. The second kappa shape index (κ2) is 5.38. The van der Waals surface area contributed by atoms with Crippen LogP contribution < -0.4 is 0 Å². The molecule has 1 fully saturated rings. The Morgan fingerprint density at radius 3 is 2.71 bits per heavy atom. The van der Waals surface area contributed by atoms with Crippen LogP contribution in [0.2, 0.25) is 0 Å². The first-order chi connectivity index (χ1) is 6.63. The van der Waals surface area contributed by atoms with Crippen molar-refractivity contribution >= 4 is 5.97 Å². The molecule has 0 unspecified atom stereocenters. The highest BCUT2D eigenvalue weighted by molar-refractivity contribution is 5.69. The van der Waals surface area contributed by atoms with Crippen molar-refractivity contribution in [3.05, 3.63) is 0 Å². The van der Waals surface area contributed by atoms with Crippen molar-refractivity contribution in [2.24, 2.45) is 11.8 Å². The lowest BCUT2D eigenvalue weighted by molar-refractivity contribution is -0.151. The minimum absolute atomic E-state index is 0.0422. The first-order valence-corrected chi connectivity index (χ1v) is 5.83. The van der Waals surface area contributed by atoms with Gasteiger partial charge in [-0.15, -0.1) is 0 Å². The van der Waals surface area contributed by atoms with Crippen LogP contribution in [-0.2, 0) is 9.53 Å². The molecule has 14 heavy (non-hydrogen) atoms. The largest absolute Gasteiger partial charge is 0.462 e. The van der Waals surface area contributed by atoms with Crippen molar-refractivity contribution in [1.82, 2.24) is 0 Å². The fraction of sp³-hybridized carbons (Fsp3) is 0.917. The Kier molecular flexibility index (Phi) is 4.43. The average Bonchev–Trinajstić information content (AvgIpc) is 2.18. The van der Waals surface area contributed by atoms with Crippen molar-refractivity contribution in [2.45, 2.75) is 59.0 Å². The first kappa shape index (κ1) is 11.5. The van der Waals surface area contributed by atoms with Crippen molar-refractivity contribution in [2.75, 3.05) is 0 Å². The Morgan fingerprint density at radius 2 is 2.14 bits per heavy atom. The molecular formula is C12H22O2. The maximum absolute atomic E-state index is 11.1. The van der Waals surface area contributed by atoms with Gasteiger partial charge in [0.15, 0.2) is 0 Å². The minimum atomic E-state index is -0.0422. The van der Waals surface area contributed by atoms with Crippen LogP contribution in [0, 0.1) is 11.8 Å². The number of rotatable bonds is 3. The molecule has 0 radical (unpaired) electrons. The molecule has 1 aliphatic rings. The number of carbonyl (C=O) groups is 1. The third-order valence-electron chi connectivity index (χ3n) is 3.20. The van der Waals surface area contributed by atoms with Crippen LogP contribution in [0.3, 0.4) is 0 Å². The number of hydrogen-bond acceptors (Lipinski definition) is 2. The summed E-state index contributed by atoms with van der Waals surface area (Å²) in [6.45, 7) is 6.37. The van der Waals surface area contributed by atoms with Gasteiger partial charge < -0.3 is 4.74 Å². The summed E-state index contributed by atoms with van der Waals surface area (Å²) < 4.78 is 5.38. The van der Waals surface area contributed by atoms with Crippen molar-refractivity contribution in [3.63, 3.8) is 0 Å². The van der Waals surface area contributed by atoms with E-state index in [4.69, 9.17) is 4.74 Å². The van der Waals surface area contributed by atoms with Gasteiger partial charge in [-0.2, -0.15) is 0 Å². The number of ether oxygens (including phenoxy) is 1. The number of hydrogen-bond donors (Lipinski definition) is 0. The zero-order valence-corrected chi connectivity index (χ0v) is 9.58. The van der Waals surface area contributed by atoms with Gasteiger partial charge in [0.05, 0.1) is 0 Å². The van der Waals surface area contributed by atoms with Crippen LogP contribution in [0.1, 0.15) is 52.9 Å². The summed E-state index contributed by atoms with van der Waals surface area (Å²) in [6, 6.07) is 0. The van der Waals surface area contributed by atoms with Gasteiger partial charge >= 0.3 is 5.97 Å².